The zero-order valence-electron chi connectivity index (χ0n) is 56.7. The number of aromatic amines is 1. The Morgan fingerprint density at radius 1 is 0.583 bits per heavy atom. The van der Waals surface area contributed by atoms with E-state index in [1.165, 1.54) is 98.1 Å². The monoisotopic (exact) mass is 1680 g/mol. The summed E-state index contributed by atoms with van der Waals surface area (Å²) in [6.07, 6.45) is 3.46. The number of fused-ring (bicyclic) bond motifs is 4. The third kappa shape index (κ3) is 24.0. The summed E-state index contributed by atoms with van der Waals surface area (Å²) >= 11 is 49.0. The Hall–Kier alpha value is -7.97. The number of halogens is 14. The molecular weight excluding hydrogens is 1630 g/mol. The van der Waals surface area contributed by atoms with Crippen LogP contribution in [0.2, 0.25) is 30.3 Å². The number of carbonyl (C=O) groups excluding carboxylic acids is 2. The standard InChI is InChI=1S/C18H14ClFN4O.C13H10ClFN2O.C12H7Cl2FN2O.C12H8ClFN2O2.C7H6ClFN2.C6H8O4.C2H6O.Cl3OP/c1-10-7-21-5-4-15(10)22-18-13-8-25-9-16(13)23-17(24-18)12-6-11(19)2-3-14(12)20;1-7-10-5-18-6-12(10)17-13(16-7)9-4-8(14)2-3-11(9)15;13-6-1-2-9(15)7(3-6)12-16-10-5-18-4-8(10)11(14)17-12;13-6-1-2-9(14)7(3-6)11-15-10-5-18-4-8(10)12(17)16-11;8-4-1-2-6(9)5(3-4)7(10)11;1-9-6(8)4-2-10-3-5(4)7;1-2-3;1-5(2,3)4/h2-7H,8-9H2,1H3,(H,21,22,23,24);2-4H,5-6H2,1H3;1-3H,4-5H2;1-3H,4-5H2,(H,15,16,17);1-3H,(H3,10,11);4H,2-3H2,1H3;3H,2H2,1H3;. The number of nitrogens with two attached hydrogens (primary N) is 1. The number of aryl methyl sites for hydroxylation is 2. The number of hydrogen-bond acceptors (Lipinski definition) is 21. The molecule has 15 rings (SSSR count). The number of methoxy groups -OCH3 is 1. The zero-order valence-corrected chi connectivity index (χ0v) is 64.4. The third-order valence-electron chi connectivity index (χ3n) is 15.1. The Bertz CT molecular complexity index is 4970. The van der Waals surface area contributed by atoms with Crippen molar-refractivity contribution in [1.29, 1.82) is 5.41 Å². The van der Waals surface area contributed by atoms with Gasteiger partial charge in [0.05, 0.1) is 123 Å². The number of rotatable bonds is 8. The molecule has 1 fully saturated rings. The Morgan fingerprint density at radius 2 is 1.00 bits per heavy atom. The molecule has 5 aromatic heterocycles. The summed E-state index contributed by atoms with van der Waals surface area (Å²) in [5.74, 6) is -2.29. The summed E-state index contributed by atoms with van der Waals surface area (Å²) in [6.45, 7) is 9.02. The van der Waals surface area contributed by atoms with Crippen molar-refractivity contribution >= 4 is 138 Å². The van der Waals surface area contributed by atoms with E-state index < -0.39 is 40.4 Å². The Balaban J connectivity index is 0.000000163. The summed E-state index contributed by atoms with van der Waals surface area (Å²) in [5.41, 5.74) is 14.4. The van der Waals surface area contributed by atoms with Gasteiger partial charge in [0.1, 0.15) is 64.2 Å². The van der Waals surface area contributed by atoms with Gasteiger partial charge in [-0.15, -0.1) is 0 Å². The molecule has 6 N–H and O–H groups in total. The van der Waals surface area contributed by atoms with E-state index in [1.54, 1.807) is 19.3 Å². The molecule has 0 amide bonds. The lowest BCUT2D eigenvalue weighted by atomic mass is 10.1. The zero-order chi connectivity index (χ0) is 78.7. The van der Waals surface area contributed by atoms with E-state index >= 15 is 0 Å². The van der Waals surface area contributed by atoms with Crippen LogP contribution in [0.3, 0.4) is 0 Å². The van der Waals surface area contributed by atoms with E-state index in [-0.39, 0.29) is 95.8 Å². The highest BCUT2D eigenvalue weighted by atomic mass is 36.0. The number of pyridine rings is 1. The van der Waals surface area contributed by atoms with Gasteiger partial charge in [0.25, 0.3) is 5.56 Å². The number of nitrogens with zero attached hydrogens (tertiary/aromatic N) is 8. The molecule has 0 spiro atoms. The third-order valence-corrected chi connectivity index (χ3v) is 16.6. The maximum absolute atomic E-state index is 14.2. The molecule has 0 bridgehead atoms. The number of Topliss-reactive ketones (excluding diaryl/α,β-unsaturated/α-hetero) is 1. The largest absolute Gasteiger partial charge is 0.468 e. The van der Waals surface area contributed by atoms with Crippen molar-refractivity contribution in [3.63, 3.8) is 0 Å². The first-order valence-electron chi connectivity index (χ1n) is 31.4. The SMILES string of the molecule is CCO.COC(=O)C1COCC1=O.Cc1cnccc1Nc1nc(-c2cc(Cl)ccc2F)nc2c1COC2.Cc1nc(-c2cc(Cl)ccc2F)nc2c1COC2.Fc1ccc(Cl)cc1-c1nc(Cl)c2c(n1)COC2.N=C(N)c1cc(Cl)ccc1F.O=P(Cl)(Cl)Cl.O=c1[nH]c(-c2cc(Cl)ccc2F)nc2c1COC2. The number of aromatic nitrogens is 9. The lowest BCUT2D eigenvalue weighted by Gasteiger charge is -2.13. The highest BCUT2D eigenvalue weighted by Crippen LogP contribution is 2.61. The molecule has 10 heterocycles. The summed E-state index contributed by atoms with van der Waals surface area (Å²) < 4.78 is 108. The van der Waals surface area contributed by atoms with Gasteiger partial charge >= 0.3 is 11.2 Å². The smallest absolute Gasteiger partial charge is 0.339 e. The van der Waals surface area contributed by atoms with Gasteiger partial charge in [0.15, 0.2) is 23.3 Å². The van der Waals surface area contributed by atoms with Gasteiger partial charge < -0.3 is 49.6 Å². The highest BCUT2D eigenvalue weighted by Gasteiger charge is 2.33. The van der Waals surface area contributed by atoms with Gasteiger partial charge in [-0.25, -0.2) is 56.8 Å². The first-order valence-corrected chi connectivity index (χ1v) is 38.0. The molecule has 0 aliphatic carbocycles. The average molecular weight is 1690 g/mol. The summed E-state index contributed by atoms with van der Waals surface area (Å²) in [4.78, 5) is 70.1. The summed E-state index contributed by atoms with van der Waals surface area (Å²) in [5, 5.41) is 16.9. The Labute approximate surface area is 657 Å². The maximum atomic E-state index is 14.2. The summed E-state index contributed by atoms with van der Waals surface area (Å²) in [6, 6.07) is 22.8. The second kappa shape index (κ2) is 40.1. The van der Waals surface area contributed by atoms with Crippen LogP contribution in [0.15, 0.2) is 114 Å². The second-order valence-electron chi connectivity index (χ2n) is 22.6. The molecule has 5 aliphatic heterocycles. The lowest BCUT2D eigenvalue weighted by molar-refractivity contribution is -0.147. The van der Waals surface area contributed by atoms with Crippen LogP contribution in [0, 0.1) is 54.3 Å². The highest BCUT2D eigenvalue weighted by molar-refractivity contribution is 8.24. The average Bonchev–Trinajstić information content (AvgIpc) is 1.43. The number of aliphatic hydroxyl groups is 1. The molecule has 0 saturated carbocycles. The Morgan fingerprint density at radius 3 is 1.47 bits per heavy atom. The number of nitrogen functional groups attached to an aromatic ring is 1. The van der Waals surface area contributed by atoms with Gasteiger partial charge in [-0.2, -0.15) is 0 Å². The second-order valence-corrected chi connectivity index (χ2v) is 31.8. The fourth-order valence-electron chi connectivity index (χ4n) is 9.87. The van der Waals surface area contributed by atoms with Crippen LogP contribution in [0.4, 0.5) is 33.5 Å². The predicted molar refractivity (Wildman–Crippen MR) is 400 cm³/mol. The summed E-state index contributed by atoms with van der Waals surface area (Å²) in [7, 11) is 1.26. The van der Waals surface area contributed by atoms with Crippen LogP contribution in [0.1, 0.15) is 68.8 Å². The van der Waals surface area contributed by atoms with Crippen molar-refractivity contribution in [2.45, 2.75) is 73.6 Å². The van der Waals surface area contributed by atoms with Crippen molar-refractivity contribution in [1.82, 2.24) is 44.9 Å². The minimum absolute atomic E-state index is 0.0394. The molecule has 23 nitrogen and oxygen atoms in total. The van der Waals surface area contributed by atoms with E-state index in [1.807, 2.05) is 19.9 Å². The number of benzene rings is 5. The molecule has 1 unspecified atom stereocenters. The fraction of sp³-hybridized carbons (Fsp3) is 0.229. The number of hydrogen-bond donors (Lipinski definition) is 5. The van der Waals surface area contributed by atoms with Crippen LogP contribution in [-0.2, 0) is 95.4 Å². The maximum Gasteiger partial charge on any atom is 0.339 e. The van der Waals surface area contributed by atoms with Crippen molar-refractivity contribution < 1.29 is 69.6 Å². The molecular formula is C70H59Cl9F5N12O11P. The number of carbonyl (C=O) groups is 2. The van der Waals surface area contributed by atoms with Crippen molar-refractivity contribution in [3.05, 3.63) is 241 Å². The van der Waals surface area contributed by atoms with Crippen LogP contribution in [0.5, 0.6) is 0 Å². The molecule has 5 aliphatic rings. The lowest BCUT2D eigenvalue weighted by Crippen LogP contribution is -2.23. The van der Waals surface area contributed by atoms with E-state index in [0.717, 1.165) is 45.0 Å². The molecule has 108 heavy (non-hydrogen) atoms. The van der Waals surface area contributed by atoms with Gasteiger partial charge in [-0.3, -0.25) is 29.3 Å². The van der Waals surface area contributed by atoms with Crippen LogP contribution >= 0.6 is 109 Å². The number of anilines is 2. The first kappa shape index (κ1) is 85.6. The molecule has 568 valence electrons. The van der Waals surface area contributed by atoms with Crippen LogP contribution in [0.25, 0.3) is 45.6 Å². The number of esters is 1. The topological polar surface area (TPSA) is 325 Å². The predicted octanol–water partition coefficient (Wildman–Crippen LogP) is 17.5. The first-order chi connectivity index (χ1) is 51.3. The molecule has 5 aromatic carbocycles. The number of H-pyrrole nitrogens is 1. The Kier molecular flexibility index (Phi) is 31.8. The van der Waals surface area contributed by atoms with Crippen LogP contribution < -0.4 is 16.6 Å². The minimum Gasteiger partial charge on any atom is -0.468 e. The van der Waals surface area contributed by atoms with Gasteiger partial charge in [0.2, 0.25) is 0 Å². The molecule has 1 saturated heterocycles. The normalized spacial score (nSPS) is 13.8. The van der Waals surface area contributed by atoms with E-state index in [2.05, 4.69) is 88.6 Å². The fourth-order valence-corrected chi connectivity index (χ4v) is 11.0. The molecule has 0 radical (unpaired) electrons. The van der Waals surface area contributed by atoms with Crippen molar-refractivity contribution in [2.24, 2.45) is 11.7 Å². The molecule has 1 atom stereocenters. The number of ketones is 1. The van der Waals surface area contributed by atoms with E-state index in [0.29, 0.717) is 104 Å². The quantitative estimate of drug-likeness (QED) is 0.0179. The van der Waals surface area contributed by atoms with Gasteiger partial charge in [0, 0.05) is 72.2 Å². The number of amidine groups is 1. The van der Waals surface area contributed by atoms with Gasteiger partial charge in [-0.05, 0) is 157 Å². The van der Waals surface area contributed by atoms with Crippen LogP contribution in [-0.4, -0.2) is 94.5 Å². The van der Waals surface area contributed by atoms with Crippen molar-refractivity contribution in [3.8, 4) is 45.6 Å². The molecule has 10 aromatic rings. The number of nitrogens with one attached hydrogen (secondary N) is 3. The minimum atomic E-state index is -3.22. The number of ether oxygens (including phenoxy) is 6. The number of aliphatic hydroxyl groups excluding tert-OH is 1. The van der Waals surface area contributed by atoms with Crippen molar-refractivity contribution in [2.75, 3.05) is 32.2 Å². The van der Waals surface area contributed by atoms with E-state index in [9.17, 15) is 40.9 Å². The van der Waals surface area contributed by atoms with Gasteiger partial charge in [-0.1, -0.05) is 69.6 Å². The molecule has 38 heteroatoms. The van der Waals surface area contributed by atoms with E-state index in [4.69, 9.17) is 110 Å².